The Morgan fingerprint density at radius 2 is 1.81 bits per heavy atom. The Hall–Kier alpha value is -2.13. The molecule has 2 fully saturated rings. The van der Waals surface area contributed by atoms with E-state index in [9.17, 15) is 9.59 Å². The number of H-pyrrole nitrogens is 1. The van der Waals surface area contributed by atoms with Crippen LogP contribution in [0.5, 0.6) is 0 Å². The first-order valence-corrected chi connectivity index (χ1v) is 11.4. The van der Waals surface area contributed by atoms with E-state index in [2.05, 4.69) is 9.29 Å². The van der Waals surface area contributed by atoms with Crippen molar-refractivity contribution in [1.29, 1.82) is 0 Å². The van der Waals surface area contributed by atoms with Crippen LogP contribution >= 0.6 is 35.1 Å². The van der Waals surface area contributed by atoms with Crippen LogP contribution in [0, 0.1) is 11.8 Å². The summed E-state index contributed by atoms with van der Waals surface area (Å²) in [5.74, 6) is 0.377. The minimum Gasteiger partial charge on any atom is -0.445 e. The Bertz CT molecular complexity index is 1160. The summed E-state index contributed by atoms with van der Waals surface area (Å²) < 4.78 is 12.9. The van der Waals surface area contributed by atoms with Gasteiger partial charge in [-0.15, -0.1) is 0 Å². The third-order valence-electron chi connectivity index (χ3n) is 5.62. The van der Waals surface area contributed by atoms with Crippen LogP contribution in [-0.2, 0) is 11.3 Å². The lowest BCUT2D eigenvalue weighted by Crippen LogP contribution is -2.32. The number of carbonyl (C=O) groups is 1. The van der Waals surface area contributed by atoms with E-state index in [1.807, 2.05) is 18.2 Å². The largest absolute Gasteiger partial charge is 0.445 e. The first kappa shape index (κ1) is 20.8. The first-order valence-electron chi connectivity index (χ1n) is 9.85. The number of likely N-dealkylation sites (tertiary alicyclic amines) is 1. The topological polar surface area (TPSA) is 78.8 Å². The van der Waals surface area contributed by atoms with E-state index in [0.717, 1.165) is 23.5 Å². The number of oxazole rings is 1. The van der Waals surface area contributed by atoms with Gasteiger partial charge in [0.05, 0.1) is 5.52 Å². The van der Waals surface area contributed by atoms with E-state index in [1.54, 1.807) is 35.0 Å². The molecule has 31 heavy (non-hydrogen) atoms. The fraction of sp³-hybridized carbons (Fsp3) is 0.333. The first-order chi connectivity index (χ1) is 14.9. The number of aromatic nitrogens is 1. The van der Waals surface area contributed by atoms with Crippen molar-refractivity contribution in [2.24, 2.45) is 11.8 Å². The van der Waals surface area contributed by atoms with Crippen LogP contribution in [0.4, 0.5) is 4.79 Å². The summed E-state index contributed by atoms with van der Waals surface area (Å²) in [4.78, 5) is 29.3. The molecule has 2 unspecified atom stereocenters. The van der Waals surface area contributed by atoms with Crippen LogP contribution in [0.2, 0.25) is 10.0 Å². The fourth-order valence-electron chi connectivity index (χ4n) is 4.24. The number of fused-ring (bicyclic) bond motifs is 2. The zero-order chi connectivity index (χ0) is 21.5. The zero-order valence-electron chi connectivity index (χ0n) is 16.3. The number of halogens is 2. The molecule has 10 heteroatoms. The predicted octanol–water partition coefficient (Wildman–Crippen LogP) is 4.64. The van der Waals surface area contributed by atoms with E-state index in [0.29, 0.717) is 46.1 Å². The quantitative estimate of drug-likeness (QED) is 0.549. The van der Waals surface area contributed by atoms with Crippen LogP contribution in [-0.4, -0.2) is 46.5 Å². The average Bonchev–Trinajstić information content (AvgIpc) is 3.37. The lowest BCUT2D eigenvalue weighted by atomic mass is 10.0. The number of ether oxygens (including phenoxy) is 1. The van der Waals surface area contributed by atoms with Crippen molar-refractivity contribution in [2.75, 3.05) is 26.2 Å². The average molecular weight is 480 g/mol. The summed E-state index contributed by atoms with van der Waals surface area (Å²) in [6.45, 7) is 3.28. The molecular formula is C21H19Cl2N3O4S. The Kier molecular flexibility index (Phi) is 5.64. The van der Waals surface area contributed by atoms with E-state index in [1.165, 1.54) is 0 Å². The van der Waals surface area contributed by atoms with Gasteiger partial charge in [-0.2, -0.15) is 0 Å². The van der Waals surface area contributed by atoms with E-state index in [-0.39, 0.29) is 12.7 Å². The van der Waals surface area contributed by atoms with E-state index < -0.39 is 5.76 Å². The maximum absolute atomic E-state index is 12.5. The molecule has 2 aromatic carbocycles. The third kappa shape index (κ3) is 4.57. The van der Waals surface area contributed by atoms with Gasteiger partial charge in [0.15, 0.2) is 5.58 Å². The highest BCUT2D eigenvalue weighted by Crippen LogP contribution is 2.37. The molecule has 3 aromatic rings. The number of carbonyl (C=O) groups excluding carboxylic acids is 1. The highest BCUT2D eigenvalue weighted by atomic mass is 35.5. The summed E-state index contributed by atoms with van der Waals surface area (Å²) in [5, 5.41) is 1.04. The van der Waals surface area contributed by atoms with Gasteiger partial charge in [-0.1, -0.05) is 23.2 Å². The minimum atomic E-state index is -0.446. The van der Waals surface area contributed by atoms with Crippen LogP contribution < -0.4 is 5.76 Å². The van der Waals surface area contributed by atoms with Gasteiger partial charge < -0.3 is 14.1 Å². The Balaban J connectivity index is 1.14. The fourth-order valence-corrected chi connectivity index (χ4v) is 5.93. The Morgan fingerprint density at radius 1 is 1.10 bits per heavy atom. The van der Waals surface area contributed by atoms with Crippen LogP contribution in [0.1, 0.15) is 5.56 Å². The molecule has 0 spiro atoms. The molecule has 1 N–H and O–H groups in total. The summed E-state index contributed by atoms with van der Waals surface area (Å²) in [5.41, 5.74) is 2.02. The molecule has 1 amide bonds. The molecule has 0 saturated carbocycles. The summed E-state index contributed by atoms with van der Waals surface area (Å²) in [6, 6.07) is 10.8. The van der Waals surface area contributed by atoms with Gasteiger partial charge in [-0.25, -0.2) is 13.9 Å². The van der Waals surface area contributed by atoms with Crippen molar-refractivity contribution >= 4 is 52.3 Å². The van der Waals surface area contributed by atoms with Gasteiger partial charge in [0.1, 0.15) is 6.61 Å². The second-order valence-electron chi connectivity index (χ2n) is 7.87. The van der Waals surface area contributed by atoms with Crippen LogP contribution in [0.25, 0.3) is 11.1 Å². The number of nitrogens with one attached hydrogen (secondary N) is 1. The molecule has 0 bridgehead atoms. The van der Waals surface area contributed by atoms with Crippen molar-refractivity contribution in [3.05, 3.63) is 62.6 Å². The molecule has 2 saturated heterocycles. The van der Waals surface area contributed by atoms with Crippen LogP contribution in [0.15, 0.2) is 50.5 Å². The van der Waals surface area contributed by atoms with Gasteiger partial charge in [-0.3, -0.25) is 4.98 Å². The van der Waals surface area contributed by atoms with Crippen molar-refractivity contribution in [3.63, 3.8) is 0 Å². The number of nitrogens with zero attached hydrogens (tertiary/aromatic N) is 2. The van der Waals surface area contributed by atoms with Crippen molar-refractivity contribution in [2.45, 2.75) is 11.5 Å². The lowest BCUT2D eigenvalue weighted by molar-refractivity contribution is 0.101. The monoisotopic (exact) mass is 479 g/mol. The normalized spacial score (nSPS) is 21.0. The highest BCUT2D eigenvalue weighted by molar-refractivity contribution is 7.97. The molecule has 2 aliphatic heterocycles. The number of hydrogen-bond acceptors (Lipinski definition) is 6. The SMILES string of the molecule is O=C(OCc1cc(Cl)cc(Cl)c1)N1CC2CN(Sc3ccc4[nH]c(=O)oc4c3)CC2C1. The van der Waals surface area contributed by atoms with Gasteiger partial charge >= 0.3 is 11.8 Å². The van der Waals surface area contributed by atoms with Crippen molar-refractivity contribution in [3.8, 4) is 0 Å². The van der Waals surface area contributed by atoms with Crippen molar-refractivity contribution in [1.82, 2.24) is 14.2 Å². The number of hydrogen-bond donors (Lipinski definition) is 1. The maximum atomic E-state index is 12.5. The highest BCUT2D eigenvalue weighted by Gasteiger charge is 2.42. The summed E-state index contributed by atoms with van der Waals surface area (Å²) >= 11 is 13.6. The molecule has 162 valence electrons. The molecule has 5 rings (SSSR count). The Labute approximate surface area is 192 Å². The van der Waals surface area contributed by atoms with Gasteiger partial charge in [0, 0.05) is 41.1 Å². The molecule has 1 aromatic heterocycles. The number of aromatic amines is 1. The second kappa shape index (κ2) is 8.43. The molecule has 0 aliphatic carbocycles. The molecule has 0 radical (unpaired) electrons. The van der Waals surface area contributed by atoms with Crippen LogP contribution in [0.3, 0.4) is 0 Å². The summed E-state index contributed by atoms with van der Waals surface area (Å²) in [7, 11) is 0. The molecular weight excluding hydrogens is 461 g/mol. The van der Waals surface area contributed by atoms with E-state index >= 15 is 0 Å². The molecule has 7 nitrogen and oxygen atoms in total. The second-order valence-corrected chi connectivity index (χ2v) is 9.91. The van der Waals surface area contributed by atoms with Crippen molar-refractivity contribution < 1.29 is 13.9 Å². The number of rotatable bonds is 4. The smallest absolute Gasteiger partial charge is 0.417 e. The van der Waals surface area contributed by atoms with E-state index in [4.69, 9.17) is 32.4 Å². The number of amides is 1. The number of benzene rings is 2. The maximum Gasteiger partial charge on any atom is 0.417 e. The lowest BCUT2D eigenvalue weighted by Gasteiger charge is -2.20. The Morgan fingerprint density at radius 3 is 2.52 bits per heavy atom. The third-order valence-corrected chi connectivity index (χ3v) is 7.08. The standard InChI is InChI=1S/C21H19Cl2N3O4S/c22-15-3-12(4-16(23)5-15)11-29-21(28)25-7-13-9-26(10-14(13)8-25)31-17-1-2-18-19(6-17)30-20(27)24-18/h1-6,13-14H,7-11H2,(H,24,27). The molecule has 2 atom stereocenters. The zero-order valence-corrected chi connectivity index (χ0v) is 18.7. The minimum absolute atomic E-state index is 0.144. The summed E-state index contributed by atoms with van der Waals surface area (Å²) in [6.07, 6.45) is -0.308. The van der Waals surface area contributed by atoms with Gasteiger partial charge in [0.2, 0.25) is 0 Å². The van der Waals surface area contributed by atoms with Gasteiger partial charge in [-0.05, 0) is 65.7 Å². The predicted molar refractivity (Wildman–Crippen MR) is 119 cm³/mol. The van der Waals surface area contributed by atoms with Gasteiger partial charge in [0.25, 0.3) is 0 Å². The molecule has 2 aliphatic rings. The molecule has 3 heterocycles.